The molecule has 1 aliphatic rings. The van der Waals surface area contributed by atoms with Crippen LogP contribution in [0.1, 0.15) is 15.2 Å². The molecular weight excluding hydrogens is 406 g/mol. The van der Waals surface area contributed by atoms with Crippen molar-refractivity contribution in [2.24, 2.45) is 0 Å². The topological polar surface area (TPSA) is 85.3 Å². The Bertz CT molecular complexity index is 1050. The van der Waals surface area contributed by atoms with Crippen LogP contribution in [0.15, 0.2) is 60.0 Å². The molecule has 4 rings (SSSR count). The van der Waals surface area contributed by atoms with E-state index in [1.165, 1.54) is 35.6 Å². The van der Waals surface area contributed by atoms with Crippen LogP contribution in [0.3, 0.4) is 0 Å². The Morgan fingerprint density at radius 3 is 2.63 bits per heavy atom. The number of aromatic hydroxyl groups is 1. The van der Waals surface area contributed by atoms with Crippen LogP contribution in [0.5, 0.6) is 17.2 Å². The van der Waals surface area contributed by atoms with Gasteiger partial charge in [-0.3, -0.25) is 4.79 Å². The zero-order valence-corrected chi connectivity index (χ0v) is 16.8. The van der Waals surface area contributed by atoms with Crippen molar-refractivity contribution in [1.29, 1.82) is 0 Å². The first-order valence-corrected chi connectivity index (χ1v) is 10.2. The van der Waals surface area contributed by atoms with E-state index >= 15 is 0 Å². The fourth-order valence-electron chi connectivity index (χ4n) is 3.00. The van der Waals surface area contributed by atoms with Crippen molar-refractivity contribution in [2.75, 3.05) is 24.7 Å². The van der Waals surface area contributed by atoms with Gasteiger partial charge in [-0.2, -0.15) is 0 Å². The van der Waals surface area contributed by atoms with Crippen LogP contribution in [0.4, 0.5) is 5.69 Å². The zero-order chi connectivity index (χ0) is 20.9. The second-order valence-electron chi connectivity index (χ2n) is 6.51. The van der Waals surface area contributed by atoms with E-state index in [9.17, 15) is 14.7 Å². The van der Waals surface area contributed by atoms with Crippen molar-refractivity contribution in [1.82, 2.24) is 0 Å². The van der Waals surface area contributed by atoms with Crippen molar-refractivity contribution >= 4 is 28.9 Å². The first kappa shape index (κ1) is 19.8. The predicted molar refractivity (Wildman–Crippen MR) is 111 cm³/mol. The molecule has 154 valence electrons. The summed E-state index contributed by atoms with van der Waals surface area (Å²) in [6, 6.07) is 14.9. The van der Waals surface area contributed by atoms with Gasteiger partial charge in [0.15, 0.2) is 18.1 Å². The van der Waals surface area contributed by atoms with Gasteiger partial charge in [0.05, 0.1) is 12.1 Å². The molecule has 0 bridgehead atoms. The summed E-state index contributed by atoms with van der Waals surface area (Å²) in [7, 11) is 0. The molecule has 2 aromatic carbocycles. The molecule has 0 fully saturated rings. The standard InChI is InChI=1S/C22H19NO6S/c24-17-4-1-3-15(11-17)22(26)29-14-21(25)23(13-18-5-2-10-30-18)16-6-7-19-20(12-16)28-9-8-27-19/h1-7,10-12,24H,8-9,13-14H2. The van der Waals surface area contributed by atoms with E-state index < -0.39 is 12.6 Å². The number of amides is 1. The summed E-state index contributed by atoms with van der Waals surface area (Å²) in [4.78, 5) is 27.7. The first-order valence-electron chi connectivity index (χ1n) is 9.29. The van der Waals surface area contributed by atoms with E-state index in [-0.39, 0.29) is 17.2 Å². The third-order valence-electron chi connectivity index (χ3n) is 4.44. The Morgan fingerprint density at radius 1 is 1.03 bits per heavy atom. The highest BCUT2D eigenvalue weighted by atomic mass is 32.1. The number of esters is 1. The molecule has 7 nitrogen and oxygen atoms in total. The number of anilines is 1. The van der Waals surface area contributed by atoms with Gasteiger partial charge in [-0.25, -0.2) is 4.79 Å². The summed E-state index contributed by atoms with van der Waals surface area (Å²) in [5.41, 5.74) is 0.790. The molecule has 1 N–H and O–H groups in total. The summed E-state index contributed by atoms with van der Waals surface area (Å²) in [5.74, 6) is 0.0841. The molecule has 0 saturated heterocycles. The number of carbonyl (C=O) groups is 2. The first-order chi connectivity index (χ1) is 14.6. The number of phenols is 1. The fraction of sp³-hybridized carbons (Fsp3) is 0.182. The Balaban J connectivity index is 1.52. The lowest BCUT2D eigenvalue weighted by Gasteiger charge is -2.25. The minimum Gasteiger partial charge on any atom is -0.508 e. The van der Waals surface area contributed by atoms with Gasteiger partial charge in [-0.15, -0.1) is 11.3 Å². The maximum Gasteiger partial charge on any atom is 0.338 e. The molecule has 0 radical (unpaired) electrons. The molecule has 2 heterocycles. The molecule has 0 atom stereocenters. The van der Waals surface area contributed by atoms with Crippen molar-refractivity contribution in [3.05, 3.63) is 70.4 Å². The van der Waals surface area contributed by atoms with E-state index in [1.807, 2.05) is 17.5 Å². The number of ether oxygens (including phenoxy) is 3. The smallest absolute Gasteiger partial charge is 0.338 e. The molecule has 0 saturated carbocycles. The second-order valence-corrected chi connectivity index (χ2v) is 7.55. The number of phenolic OH excluding ortho intramolecular Hbond substituents is 1. The highest BCUT2D eigenvalue weighted by molar-refractivity contribution is 7.09. The molecule has 0 unspecified atom stereocenters. The van der Waals surface area contributed by atoms with Gasteiger partial charge in [0.25, 0.3) is 5.91 Å². The van der Waals surface area contributed by atoms with Gasteiger partial charge in [-0.1, -0.05) is 12.1 Å². The number of hydrogen-bond donors (Lipinski definition) is 1. The largest absolute Gasteiger partial charge is 0.508 e. The molecule has 8 heteroatoms. The van der Waals surface area contributed by atoms with E-state index in [4.69, 9.17) is 14.2 Å². The van der Waals surface area contributed by atoms with Gasteiger partial charge >= 0.3 is 5.97 Å². The molecule has 1 aliphatic heterocycles. The minimum absolute atomic E-state index is 0.0497. The summed E-state index contributed by atoms with van der Waals surface area (Å²) in [6.45, 7) is 0.820. The average molecular weight is 425 g/mol. The number of fused-ring (bicyclic) bond motifs is 1. The summed E-state index contributed by atoms with van der Waals surface area (Å²) in [6.07, 6.45) is 0. The van der Waals surface area contributed by atoms with Gasteiger partial charge in [0.1, 0.15) is 19.0 Å². The maximum absolute atomic E-state index is 13.0. The quantitative estimate of drug-likeness (QED) is 0.608. The van der Waals surface area contributed by atoms with Crippen molar-refractivity contribution in [2.45, 2.75) is 6.54 Å². The van der Waals surface area contributed by atoms with Crippen LogP contribution in [0, 0.1) is 0 Å². The van der Waals surface area contributed by atoms with Gasteiger partial charge in [-0.05, 0) is 41.8 Å². The van der Waals surface area contributed by atoms with Crippen molar-refractivity contribution < 1.29 is 28.9 Å². The Morgan fingerprint density at radius 2 is 1.87 bits per heavy atom. The van der Waals surface area contributed by atoms with Crippen LogP contribution in [0.25, 0.3) is 0 Å². The SMILES string of the molecule is O=C(OCC(=O)N(Cc1cccs1)c1ccc2c(c1)OCCO2)c1cccc(O)c1. The highest BCUT2D eigenvalue weighted by Crippen LogP contribution is 2.34. The van der Waals surface area contributed by atoms with Crippen molar-refractivity contribution in [3.8, 4) is 17.2 Å². The van der Waals surface area contributed by atoms with E-state index in [0.717, 1.165) is 4.88 Å². The zero-order valence-electron chi connectivity index (χ0n) is 15.9. The minimum atomic E-state index is -0.683. The molecular formula is C22H19NO6S. The third-order valence-corrected chi connectivity index (χ3v) is 5.30. The fourth-order valence-corrected chi connectivity index (χ4v) is 3.70. The molecule has 0 aliphatic carbocycles. The van der Waals surface area contributed by atoms with Crippen LogP contribution < -0.4 is 14.4 Å². The Hall–Kier alpha value is -3.52. The van der Waals surface area contributed by atoms with Crippen LogP contribution >= 0.6 is 11.3 Å². The van der Waals surface area contributed by atoms with Gasteiger partial charge in [0, 0.05) is 16.6 Å². The lowest BCUT2D eigenvalue weighted by Crippen LogP contribution is -2.34. The van der Waals surface area contributed by atoms with E-state index in [0.29, 0.717) is 36.9 Å². The number of thiophene rings is 1. The maximum atomic E-state index is 13.0. The van der Waals surface area contributed by atoms with Gasteiger partial charge in [0.2, 0.25) is 0 Å². The van der Waals surface area contributed by atoms with Crippen LogP contribution in [-0.4, -0.2) is 36.8 Å². The molecule has 30 heavy (non-hydrogen) atoms. The average Bonchev–Trinajstić information content (AvgIpc) is 3.28. The van der Waals surface area contributed by atoms with E-state index in [1.54, 1.807) is 23.1 Å². The van der Waals surface area contributed by atoms with Crippen molar-refractivity contribution in [3.63, 3.8) is 0 Å². The highest BCUT2D eigenvalue weighted by Gasteiger charge is 2.22. The number of nitrogens with zero attached hydrogens (tertiary/aromatic N) is 1. The monoisotopic (exact) mass is 425 g/mol. The lowest BCUT2D eigenvalue weighted by molar-refractivity contribution is -0.121. The Labute approximate surface area is 177 Å². The van der Waals surface area contributed by atoms with E-state index in [2.05, 4.69) is 0 Å². The van der Waals surface area contributed by atoms with Crippen LogP contribution in [0.2, 0.25) is 0 Å². The third kappa shape index (κ3) is 4.55. The number of rotatable bonds is 6. The number of benzene rings is 2. The Kier molecular flexibility index (Phi) is 5.85. The lowest BCUT2D eigenvalue weighted by atomic mass is 10.2. The molecule has 0 spiro atoms. The van der Waals surface area contributed by atoms with Crippen LogP contribution in [-0.2, 0) is 16.1 Å². The molecule has 3 aromatic rings. The molecule has 1 aromatic heterocycles. The summed E-state index contributed by atoms with van der Waals surface area (Å²) in [5, 5.41) is 11.4. The number of carbonyl (C=O) groups excluding carboxylic acids is 2. The normalized spacial score (nSPS) is 12.3. The summed E-state index contributed by atoms with van der Waals surface area (Å²) >= 11 is 1.53. The molecule has 1 amide bonds. The summed E-state index contributed by atoms with van der Waals surface area (Å²) < 4.78 is 16.4. The number of hydrogen-bond acceptors (Lipinski definition) is 7. The second kappa shape index (κ2) is 8.87. The van der Waals surface area contributed by atoms with Gasteiger partial charge < -0.3 is 24.2 Å². The predicted octanol–water partition coefficient (Wildman–Crippen LogP) is 3.62.